The molecule has 0 aromatic carbocycles. The predicted octanol–water partition coefficient (Wildman–Crippen LogP) is 2.27. The van der Waals surface area contributed by atoms with E-state index < -0.39 is 0 Å². The Balaban J connectivity index is 2.24. The summed E-state index contributed by atoms with van der Waals surface area (Å²) >= 11 is 0. The van der Waals surface area contributed by atoms with Gasteiger partial charge in [-0.25, -0.2) is 0 Å². The Labute approximate surface area is 114 Å². The molecule has 2 aromatic heterocycles. The van der Waals surface area contributed by atoms with E-state index in [2.05, 4.69) is 47.6 Å². The van der Waals surface area contributed by atoms with E-state index in [1.54, 1.807) is 0 Å². The van der Waals surface area contributed by atoms with Crippen molar-refractivity contribution in [2.24, 2.45) is 7.05 Å². The molecule has 2 rings (SSSR count). The van der Waals surface area contributed by atoms with Gasteiger partial charge in [0.2, 0.25) is 0 Å². The second-order valence-electron chi connectivity index (χ2n) is 4.73. The fourth-order valence-corrected chi connectivity index (χ4v) is 2.41. The minimum absolute atomic E-state index is 0.316. The molecule has 4 nitrogen and oxygen atoms in total. The Kier molecular flexibility index (Phi) is 4.68. The number of hydrogen-bond donors (Lipinski definition) is 1. The fourth-order valence-electron chi connectivity index (χ4n) is 2.41. The van der Waals surface area contributed by atoms with Crippen LogP contribution in [-0.4, -0.2) is 21.3 Å². The third-order valence-electron chi connectivity index (χ3n) is 3.29. The van der Waals surface area contributed by atoms with Crippen molar-refractivity contribution < 1.29 is 0 Å². The molecule has 102 valence electrons. The van der Waals surface area contributed by atoms with Gasteiger partial charge in [0.05, 0.1) is 5.69 Å². The standard InChI is InChI=1S/C15H22N4/c1-4-14-13(11-19(3)18-14)15(17-5-2)10-12-6-8-16-9-7-12/h6-9,11,15,17H,4-5,10H2,1-3H3. The Bertz CT molecular complexity index is 504. The molecule has 1 N–H and O–H groups in total. The minimum Gasteiger partial charge on any atom is -0.310 e. The van der Waals surface area contributed by atoms with Crippen LogP contribution < -0.4 is 5.32 Å². The zero-order valence-electron chi connectivity index (χ0n) is 11.9. The number of aryl methyl sites for hydroxylation is 2. The minimum atomic E-state index is 0.316. The molecule has 0 aliphatic rings. The molecule has 2 heterocycles. The number of likely N-dealkylation sites (N-methyl/N-ethyl adjacent to an activating group) is 1. The Morgan fingerprint density at radius 3 is 2.63 bits per heavy atom. The lowest BCUT2D eigenvalue weighted by Gasteiger charge is -2.18. The van der Waals surface area contributed by atoms with Crippen LogP contribution in [0.4, 0.5) is 0 Å². The molecule has 4 heteroatoms. The summed E-state index contributed by atoms with van der Waals surface area (Å²) < 4.78 is 1.91. The smallest absolute Gasteiger partial charge is 0.0669 e. The van der Waals surface area contributed by atoms with Gasteiger partial charge in [-0.15, -0.1) is 0 Å². The summed E-state index contributed by atoms with van der Waals surface area (Å²) in [7, 11) is 1.98. The molecule has 0 spiro atoms. The number of aromatic nitrogens is 3. The fraction of sp³-hybridized carbons (Fsp3) is 0.467. The first-order valence-corrected chi connectivity index (χ1v) is 6.89. The summed E-state index contributed by atoms with van der Waals surface area (Å²) in [6.07, 6.45) is 7.77. The van der Waals surface area contributed by atoms with E-state index in [-0.39, 0.29) is 0 Å². The highest BCUT2D eigenvalue weighted by atomic mass is 15.3. The van der Waals surface area contributed by atoms with Gasteiger partial charge in [-0.2, -0.15) is 5.10 Å². The van der Waals surface area contributed by atoms with E-state index in [1.807, 2.05) is 24.1 Å². The second kappa shape index (κ2) is 6.48. The van der Waals surface area contributed by atoms with Gasteiger partial charge in [-0.3, -0.25) is 9.67 Å². The Hall–Kier alpha value is -1.68. The van der Waals surface area contributed by atoms with Crippen molar-refractivity contribution >= 4 is 0 Å². The maximum Gasteiger partial charge on any atom is 0.0669 e. The van der Waals surface area contributed by atoms with Crippen molar-refractivity contribution in [1.29, 1.82) is 0 Å². The Morgan fingerprint density at radius 1 is 1.26 bits per heavy atom. The van der Waals surface area contributed by atoms with E-state index in [0.717, 1.165) is 19.4 Å². The van der Waals surface area contributed by atoms with Crippen LogP contribution in [0.15, 0.2) is 30.7 Å². The summed E-state index contributed by atoms with van der Waals surface area (Å²) in [6, 6.07) is 4.47. The highest BCUT2D eigenvalue weighted by Crippen LogP contribution is 2.21. The average molecular weight is 258 g/mol. The van der Waals surface area contributed by atoms with E-state index in [1.165, 1.54) is 16.8 Å². The number of rotatable bonds is 6. The van der Waals surface area contributed by atoms with Gasteiger partial charge < -0.3 is 5.32 Å². The normalized spacial score (nSPS) is 12.6. The second-order valence-corrected chi connectivity index (χ2v) is 4.73. The molecular weight excluding hydrogens is 236 g/mol. The van der Waals surface area contributed by atoms with Crippen molar-refractivity contribution in [1.82, 2.24) is 20.1 Å². The molecule has 0 fully saturated rings. The van der Waals surface area contributed by atoms with Crippen LogP contribution in [-0.2, 0) is 19.9 Å². The summed E-state index contributed by atoms with van der Waals surface area (Å²) in [5.41, 5.74) is 3.79. The summed E-state index contributed by atoms with van der Waals surface area (Å²) in [5.74, 6) is 0. The lowest BCUT2D eigenvalue weighted by Crippen LogP contribution is -2.23. The van der Waals surface area contributed by atoms with Gasteiger partial charge in [0.25, 0.3) is 0 Å². The summed E-state index contributed by atoms with van der Waals surface area (Å²) in [6.45, 7) is 5.25. The number of pyridine rings is 1. The molecule has 0 bridgehead atoms. The molecule has 0 amide bonds. The first-order chi connectivity index (χ1) is 9.24. The van der Waals surface area contributed by atoms with Gasteiger partial charge in [0, 0.05) is 37.2 Å². The zero-order valence-corrected chi connectivity index (χ0v) is 11.9. The molecule has 0 saturated heterocycles. The van der Waals surface area contributed by atoms with Gasteiger partial charge in [-0.1, -0.05) is 13.8 Å². The molecule has 1 atom stereocenters. The predicted molar refractivity (Wildman–Crippen MR) is 76.9 cm³/mol. The molecule has 19 heavy (non-hydrogen) atoms. The van der Waals surface area contributed by atoms with Gasteiger partial charge in [0.15, 0.2) is 0 Å². The van der Waals surface area contributed by atoms with E-state index in [0.29, 0.717) is 6.04 Å². The van der Waals surface area contributed by atoms with Crippen molar-refractivity contribution in [3.8, 4) is 0 Å². The average Bonchev–Trinajstić information content (AvgIpc) is 2.80. The lowest BCUT2D eigenvalue weighted by atomic mass is 9.99. The molecule has 2 aromatic rings. The Morgan fingerprint density at radius 2 is 2.00 bits per heavy atom. The van der Waals surface area contributed by atoms with Crippen LogP contribution in [0, 0.1) is 0 Å². The summed E-state index contributed by atoms with van der Waals surface area (Å²) in [5, 5.41) is 8.10. The van der Waals surface area contributed by atoms with Crippen LogP contribution in [0.2, 0.25) is 0 Å². The van der Waals surface area contributed by atoms with Crippen LogP contribution in [0.5, 0.6) is 0 Å². The van der Waals surface area contributed by atoms with Gasteiger partial charge >= 0.3 is 0 Å². The molecular formula is C15H22N4. The van der Waals surface area contributed by atoms with E-state index >= 15 is 0 Å². The molecule has 0 aliphatic carbocycles. The molecule has 0 saturated carbocycles. The first kappa shape index (κ1) is 13.7. The molecule has 1 unspecified atom stereocenters. The number of nitrogens with zero attached hydrogens (tertiary/aromatic N) is 3. The monoisotopic (exact) mass is 258 g/mol. The maximum atomic E-state index is 4.54. The molecule has 0 radical (unpaired) electrons. The van der Waals surface area contributed by atoms with E-state index in [9.17, 15) is 0 Å². The third kappa shape index (κ3) is 3.41. The van der Waals surface area contributed by atoms with Gasteiger partial charge in [-0.05, 0) is 37.1 Å². The topological polar surface area (TPSA) is 42.7 Å². The van der Waals surface area contributed by atoms with Crippen LogP contribution >= 0.6 is 0 Å². The van der Waals surface area contributed by atoms with E-state index in [4.69, 9.17) is 0 Å². The van der Waals surface area contributed by atoms with Crippen molar-refractivity contribution in [3.63, 3.8) is 0 Å². The molecule has 0 aliphatic heterocycles. The number of hydrogen-bond acceptors (Lipinski definition) is 3. The van der Waals surface area contributed by atoms with Crippen molar-refractivity contribution in [2.75, 3.05) is 6.54 Å². The van der Waals surface area contributed by atoms with Crippen LogP contribution in [0.3, 0.4) is 0 Å². The highest BCUT2D eigenvalue weighted by molar-refractivity contribution is 5.24. The lowest BCUT2D eigenvalue weighted by molar-refractivity contribution is 0.545. The van der Waals surface area contributed by atoms with Crippen molar-refractivity contribution in [2.45, 2.75) is 32.7 Å². The summed E-state index contributed by atoms with van der Waals surface area (Å²) in [4.78, 5) is 4.07. The third-order valence-corrected chi connectivity index (χ3v) is 3.29. The van der Waals surface area contributed by atoms with Crippen molar-refractivity contribution in [3.05, 3.63) is 47.5 Å². The quantitative estimate of drug-likeness (QED) is 0.864. The number of nitrogens with one attached hydrogen (secondary N) is 1. The van der Waals surface area contributed by atoms with Gasteiger partial charge in [0.1, 0.15) is 0 Å². The van der Waals surface area contributed by atoms with Crippen LogP contribution in [0.1, 0.15) is 36.7 Å². The SMILES string of the molecule is CCNC(Cc1ccncc1)c1cn(C)nc1CC. The van der Waals surface area contributed by atoms with Crippen LogP contribution in [0.25, 0.3) is 0 Å². The first-order valence-electron chi connectivity index (χ1n) is 6.89. The maximum absolute atomic E-state index is 4.54. The zero-order chi connectivity index (χ0) is 13.7. The largest absolute Gasteiger partial charge is 0.310 e. The highest BCUT2D eigenvalue weighted by Gasteiger charge is 2.17.